The molecule has 0 spiro atoms. The fourth-order valence-electron chi connectivity index (χ4n) is 1.93. The van der Waals surface area contributed by atoms with Gasteiger partial charge in [0.2, 0.25) is 0 Å². The average molecular weight is 242 g/mol. The van der Waals surface area contributed by atoms with E-state index in [0.717, 1.165) is 11.8 Å². The molecule has 1 aliphatic heterocycles. The van der Waals surface area contributed by atoms with Crippen LogP contribution in [0.3, 0.4) is 0 Å². The van der Waals surface area contributed by atoms with Gasteiger partial charge < -0.3 is 5.73 Å². The first kappa shape index (κ1) is 11.5. The number of hydrogen-bond donors (Lipinski definition) is 1. The quantitative estimate of drug-likeness (QED) is 0.881. The van der Waals surface area contributed by atoms with Crippen LogP contribution < -0.4 is 5.73 Å². The topological polar surface area (TPSA) is 29.3 Å². The average Bonchev–Trinajstić information content (AvgIpc) is 2.70. The Labute approximate surface area is 99.8 Å². The minimum atomic E-state index is 0.195. The molecule has 0 radical (unpaired) electrons. The predicted molar refractivity (Wildman–Crippen MR) is 69.6 cm³/mol. The number of thiophene rings is 1. The zero-order chi connectivity index (χ0) is 10.7. The van der Waals surface area contributed by atoms with Crippen molar-refractivity contribution in [2.24, 2.45) is 5.73 Å². The molecular formula is C11H18N2S2. The Bertz CT molecular complexity index is 287. The molecule has 2 N–H and O–H groups in total. The van der Waals surface area contributed by atoms with Gasteiger partial charge in [-0.05, 0) is 11.4 Å². The van der Waals surface area contributed by atoms with E-state index >= 15 is 0 Å². The standard InChI is InChI=1S/C11H18N2S2/c1-9-7-13(4-6-14-9)8-10(12)11-3-2-5-15-11/h2-3,5,9-10H,4,6-8,12H2,1H3. The van der Waals surface area contributed by atoms with E-state index in [1.54, 1.807) is 11.3 Å². The van der Waals surface area contributed by atoms with E-state index in [-0.39, 0.29) is 6.04 Å². The second kappa shape index (κ2) is 5.34. The molecule has 84 valence electrons. The molecule has 4 heteroatoms. The maximum absolute atomic E-state index is 6.18. The fraction of sp³-hybridized carbons (Fsp3) is 0.636. The zero-order valence-electron chi connectivity index (χ0n) is 9.06. The highest BCUT2D eigenvalue weighted by molar-refractivity contribution is 7.99. The molecule has 1 aromatic heterocycles. The molecule has 0 saturated carbocycles. The van der Waals surface area contributed by atoms with E-state index < -0.39 is 0 Å². The Balaban J connectivity index is 1.86. The summed E-state index contributed by atoms with van der Waals surface area (Å²) < 4.78 is 0. The van der Waals surface area contributed by atoms with Crippen LogP contribution in [0.4, 0.5) is 0 Å². The Morgan fingerprint density at radius 3 is 3.20 bits per heavy atom. The highest BCUT2D eigenvalue weighted by atomic mass is 32.2. The van der Waals surface area contributed by atoms with Crippen LogP contribution in [0.15, 0.2) is 17.5 Å². The molecule has 15 heavy (non-hydrogen) atoms. The van der Waals surface area contributed by atoms with Crippen molar-refractivity contribution in [3.05, 3.63) is 22.4 Å². The van der Waals surface area contributed by atoms with Crippen LogP contribution >= 0.6 is 23.1 Å². The van der Waals surface area contributed by atoms with Gasteiger partial charge in [-0.2, -0.15) is 11.8 Å². The molecule has 0 aliphatic carbocycles. The van der Waals surface area contributed by atoms with E-state index in [9.17, 15) is 0 Å². The molecule has 2 rings (SSSR count). The lowest BCUT2D eigenvalue weighted by molar-refractivity contribution is 0.270. The van der Waals surface area contributed by atoms with Gasteiger partial charge in [0.05, 0.1) is 6.04 Å². The molecule has 1 aliphatic rings. The molecule has 2 nitrogen and oxygen atoms in total. The summed E-state index contributed by atoms with van der Waals surface area (Å²) >= 11 is 3.83. The Hall–Kier alpha value is -0.0300. The predicted octanol–water partition coefficient (Wildman–Crippen LogP) is 2.19. The lowest BCUT2D eigenvalue weighted by atomic mass is 10.2. The van der Waals surface area contributed by atoms with Gasteiger partial charge in [0.25, 0.3) is 0 Å². The first-order valence-corrected chi connectivity index (χ1v) is 7.31. The molecule has 1 fully saturated rings. The summed E-state index contributed by atoms with van der Waals surface area (Å²) in [6.45, 7) is 5.68. The molecule has 1 aromatic rings. The van der Waals surface area contributed by atoms with Crippen molar-refractivity contribution in [1.82, 2.24) is 4.90 Å². The van der Waals surface area contributed by atoms with Gasteiger partial charge in [-0.1, -0.05) is 13.0 Å². The van der Waals surface area contributed by atoms with Crippen LogP contribution in [0.1, 0.15) is 17.8 Å². The molecule has 0 bridgehead atoms. The number of thioether (sulfide) groups is 1. The van der Waals surface area contributed by atoms with Gasteiger partial charge >= 0.3 is 0 Å². The van der Waals surface area contributed by atoms with Crippen LogP contribution in [0, 0.1) is 0 Å². The Morgan fingerprint density at radius 2 is 2.53 bits per heavy atom. The van der Waals surface area contributed by atoms with Crippen molar-refractivity contribution < 1.29 is 0 Å². The number of nitrogens with zero attached hydrogens (tertiary/aromatic N) is 1. The van der Waals surface area contributed by atoms with Gasteiger partial charge in [-0.15, -0.1) is 11.3 Å². The van der Waals surface area contributed by atoms with Gasteiger partial charge in [0.15, 0.2) is 0 Å². The van der Waals surface area contributed by atoms with Crippen LogP contribution in [0.2, 0.25) is 0 Å². The molecular weight excluding hydrogens is 224 g/mol. The van der Waals surface area contributed by atoms with Crippen molar-refractivity contribution in [2.75, 3.05) is 25.4 Å². The van der Waals surface area contributed by atoms with Gasteiger partial charge in [0, 0.05) is 35.5 Å². The highest BCUT2D eigenvalue weighted by Gasteiger charge is 2.19. The fourth-order valence-corrected chi connectivity index (χ4v) is 3.73. The van der Waals surface area contributed by atoms with E-state index in [1.165, 1.54) is 23.7 Å². The molecule has 1 saturated heterocycles. The Kier molecular flexibility index (Phi) is 4.08. The summed E-state index contributed by atoms with van der Waals surface area (Å²) in [5, 5.41) is 2.86. The number of nitrogens with two attached hydrogens (primary N) is 1. The van der Waals surface area contributed by atoms with Crippen molar-refractivity contribution in [3.63, 3.8) is 0 Å². The normalized spacial score (nSPS) is 25.3. The minimum Gasteiger partial charge on any atom is -0.322 e. The first-order valence-electron chi connectivity index (χ1n) is 5.38. The number of hydrogen-bond acceptors (Lipinski definition) is 4. The number of rotatable bonds is 3. The highest BCUT2D eigenvalue weighted by Crippen LogP contribution is 2.22. The Morgan fingerprint density at radius 1 is 1.67 bits per heavy atom. The third-order valence-electron chi connectivity index (χ3n) is 2.69. The third kappa shape index (κ3) is 3.21. The van der Waals surface area contributed by atoms with E-state index in [4.69, 9.17) is 5.73 Å². The van der Waals surface area contributed by atoms with Gasteiger partial charge in [-0.3, -0.25) is 4.90 Å². The van der Waals surface area contributed by atoms with Crippen molar-refractivity contribution in [3.8, 4) is 0 Å². The van der Waals surface area contributed by atoms with Crippen molar-refractivity contribution in [1.29, 1.82) is 0 Å². The van der Waals surface area contributed by atoms with Crippen LogP contribution in [0.5, 0.6) is 0 Å². The zero-order valence-corrected chi connectivity index (χ0v) is 10.7. The first-order chi connectivity index (χ1) is 7.25. The second-order valence-electron chi connectivity index (χ2n) is 4.06. The van der Waals surface area contributed by atoms with E-state index in [1.807, 2.05) is 0 Å². The summed E-state index contributed by atoms with van der Waals surface area (Å²) in [6, 6.07) is 4.41. The van der Waals surface area contributed by atoms with Crippen molar-refractivity contribution >= 4 is 23.1 Å². The summed E-state index contributed by atoms with van der Waals surface area (Å²) in [7, 11) is 0. The van der Waals surface area contributed by atoms with Gasteiger partial charge in [0.1, 0.15) is 0 Å². The minimum absolute atomic E-state index is 0.195. The SMILES string of the molecule is CC1CN(CC(N)c2cccs2)CCS1. The summed E-state index contributed by atoms with van der Waals surface area (Å²) in [5.41, 5.74) is 6.18. The van der Waals surface area contributed by atoms with E-state index in [2.05, 4.69) is 41.1 Å². The molecule has 2 unspecified atom stereocenters. The summed E-state index contributed by atoms with van der Waals surface area (Å²) in [4.78, 5) is 3.80. The maximum atomic E-state index is 6.18. The largest absolute Gasteiger partial charge is 0.322 e. The lowest BCUT2D eigenvalue weighted by Gasteiger charge is -2.32. The molecule has 2 heterocycles. The molecule has 0 amide bonds. The summed E-state index contributed by atoms with van der Waals surface area (Å²) in [6.07, 6.45) is 0. The van der Waals surface area contributed by atoms with Gasteiger partial charge in [-0.25, -0.2) is 0 Å². The third-order valence-corrected chi connectivity index (χ3v) is 4.83. The molecule has 2 atom stereocenters. The summed E-state index contributed by atoms with van der Waals surface area (Å²) in [5.74, 6) is 1.25. The lowest BCUT2D eigenvalue weighted by Crippen LogP contribution is -2.40. The monoisotopic (exact) mass is 242 g/mol. The molecule has 0 aromatic carbocycles. The van der Waals surface area contributed by atoms with Crippen LogP contribution in [-0.4, -0.2) is 35.5 Å². The van der Waals surface area contributed by atoms with E-state index in [0.29, 0.717) is 0 Å². The van der Waals surface area contributed by atoms with Crippen LogP contribution in [0.25, 0.3) is 0 Å². The maximum Gasteiger partial charge on any atom is 0.0519 e. The van der Waals surface area contributed by atoms with Crippen LogP contribution in [-0.2, 0) is 0 Å². The smallest absolute Gasteiger partial charge is 0.0519 e. The van der Waals surface area contributed by atoms with Crippen molar-refractivity contribution in [2.45, 2.75) is 18.2 Å². The second-order valence-corrected chi connectivity index (χ2v) is 6.59.